The molecule has 0 saturated heterocycles. The summed E-state index contributed by atoms with van der Waals surface area (Å²) in [6.07, 6.45) is 5.78. The Bertz CT molecular complexity index is 280. The lowest BCUT2D eigenvalue weighted by molar-refractivity contribution is -0.134. The first-order chi connectivity index (χ1) is 11.8. The van der Waals surface area contributed by atoms with E-state index in [0.29, 0.717) is 0 Å². The van der Waals surface area contributed by atoms with Gasteiger partial charge in [0.25, 0.3) is 0 Å². The quantitative estimate of drug-likeness (QED) is 0.140. The van der Waals surface area contributed by atoms with Crippen LogP contribution in [-0.2, 0) is 14.4 Å². The van der Waals surface area contributed by atoms with Crippen molar-refractivity contribution < 1.29 is 34.9 Å². The number of aliphatic hydroxyl groups is 2. The van der Waals surface area contributed by atoms with E-state index in [-0.39, 0.29) is 30.8 Å². The molecule has 1 atom stereocenters. The fourth-order valence-corrected chi connectivity index (χ4v) is 0.985. The zero-order chi connectivity index (χ0) is 20.5. The zero-order valence-corrected chi connectivity index (χ0v) is 16.5. The van der Waals surface area contributed by atoms with E-state index in [1.807, 2.05) is 6.92 Å². The van der Waals surface area contributed by atoms with E-state index in [9.17, 15) is 14.5 Å². The highest BCUT2D eigenvalue weighted by atomic mass is 32.1. The molecule has 0 bridgehead atoms. The van der Waals surface area contributed by atoms with Crippen molar-refractivity contribution in [1.82, 2.24) is 0 Å². The van der Waals surface area contributed by atoms with E-state index in [1.165, 1.54) is 19.3 Å². The van der Waals surface area contributed by atoms with E-state index in [1.54, 1.807) is 0 Å². The van der Waals surface area contributed by atoms with Gasteiger partial charge >= 0.3 is 11.9 Å². The maximum absolute atomic E-state index is 9.63. The number of rotatable bonds is 10. The van der Waals surface area contributed by atoms with Crippen molar-refractivity contribution >= 4 is 37.2 Å². The van der Waals surface area contributed by atoms with Crippen LogP contribution < -0.4 is 0 Å². The molecule has 0 aliphatic carbocycles. The Morgan fingerprint density at radius 3 is 1.64 bits per heavy atom. The van der Waals surface area contributed by atoms with Crippen molar-refractivity contribution in [3.05, 3.63) is 4.91 Å². The first-order valence-electron chi connectivity index (χ1n) is 7.62. The molecule has 152 valence electrons. The molecule has 0 amide bonds. The van der Waals surface area contributed by atoms with E-state index < -0.39 is 11.9 Å². The van der Waals surface area contributed by atoms with Crippen LogP contribution in [0.25, 0.3) is 0 Å². The summed E-state index contributed by atoms with van der Waals surface area (Å²) in [4.78, 5) is 32.7. The highest BCUT2D eigenvalue weighted by Gasteiger charge is 2.00. The Balaban J connectivity index is -0.000000132. The van der Waals surface area contributed by atoms with Crippen molar-refractivity contribution in [3.63, 3.8) is 0 Å². The number of thiol groups is 2. The van der Waals surface area contributed by atoms with Crippen LogP contribution in [-0.4, -0.2) is 63.2 Å². The van der Waals surface area contributed by atoms with Gasteiger partial charge in [-0.15, -0.1) is 4.91 Å². The van der Waals surface area contributed by atoms with Gasteiger partial charge in [-0.3, -0.25) is 9.59 Å². The normalized spacial score (nSPS) is 9.68. The average molecular weight is 406 g/mol. The van der Waals surface area contributed by atoms with Crippen LogP contribution in [0.1, 0.15) is 46.0 Å². The number of aliphatic hydroxyl groups excluding tert-OH is 2. The molecule has 9 nitrogen and oxygen atoms in total. The topological polar surface area (TPSA) is 154 Å². The lowest BCUT2D eigenvalue weighted by Crippen LogP contribution is -2.02. The zero-order valence-electron chi connectivity index (χ0n) is 14.7. The van der Waals surface area contributed by atoms with Crippen molar-refractivity contribution in [1.29, 1.82) is 0 Å². The molecule has 0 spiro atoms. The third-order valence-electron chi connectivity index (χ3n) is 2.06. The summed E-state index contributed by atoms with van der Waals surface area (Å²) >= 11 is 6.83. The second-order valence-electron chi connectivity index (χ2n) is 4.39. The number of nitrogens with zero attached hydrogens (tertiary/aromatic N) is 1. The first-order valence-corrected chi connectivity index (χ1v) is 8.89. The van der Waals surface area contributed by atoms with Crippen molar-refractivity contribution in [2.45, 2.75) is 52.1 Å². The van der Waals surface area contributed by atoms with Gasteiger partial charge in [-0.2, -0.15) is 25.3 Å². The van der Waals surface area contributed by atoms with Crippen LogP contribution in [0, 0.1) is 4.91 Å². The second-order valence-corrected chi connectivity index (χ2v) is 5.02. The van der Waals surface area contributed by atoms with Crippen LogP contribution in [0.5, 0.6) is 0 Å². The molecule has 1 unspecified atom stereocenters. The van der Waals surface area contributed by atoms with Crippen LogP contribution in [0.2, 0.25) is 0 Å². The number of hydrogen-bond acceptors (Lipinski definition) is 9. The lowest BCUT2D eigenvalue weighted by Gasteiger charge is -2.05. The predicted octanol–water partition coefficient (Wildman–Crippen LogP) is 2.02. The molecular formula is C14H31NO8S2. The molecule has 0 fully saturated rings. The smallest absolute Gasteiger partial charge is 0.313 e. The Morgan fingerprint density at radius 1 is 1.00 bits per heavy atom. The van der Waals surface area contributed by atoms with Gasteiger partial charge in [0.2, 0.25) is 0 Å². The molecule has 0 heterocycles. The second kappa shape index (κ2) is 30.8. The molecule has 0 rings (SSSR count). The van der Waals surface area contributed by atoms with Crippen LogP contribution in [0.4, 0.5) is 0 Å². The number of carboxylic acid groups (broad SMARTS) is 2. The number of carboxylic acids is 2. The minimum absolute atomic E-state index is 0.00986. The summed E-state index contributed by atoms with van der Waals surface area (Å²) < 4.78 is 0. The lowest BCUT2D eigenvalue weighted by atomic mass is 10.1. The number of carbonyl (C=O) groups is 2. The van der Waals surface area contributed by atoms with Gasteiger partial charge in [-0.1, -0.05) is 26.2 Å². The average Bonchev–Trinajstić information content (AvgIpc) is 2.60. The Labute approximate surface area is 159 Å². The molecule has 4 N–H and O–H groups in total. The fourth-order valence-electron chi connectivity index (χ4n) is 0.985. The van der Waals surface area contributed by atoms with Gasteiger partial charge < -0.3 is 25.3 Å². The Morgan fingerprint density at radius 2 is 1.40 bits per heavy atom. The van der Waals surface area contributed by atoms with Gasteiger partial charge in [0, 0.05) is 0 Å². The minimum Gasteiger partial charge on any atom is -0.481 e. The van der Waals surface area contributed by atoms with E-state index in [0.717, 1.165) is 12.8 Å². The molecule has 0 aromatic heterocycles. The third kappa shape index (κ3) is 60.1. The summed E-state index contributed by atoms with van der Waals surface area (Å²) in [5, 5.41) is 32.9. The van der Waals surface area contributed by atoms with Crippen LogP contribution in [0.15, 0.2) is 5.34 Å². The number of aliphatic carboxylic acids is 2. The largest absolute Gasteiger partial charge is 0.481 e. The minimum atomic E-state index is -0.881. The number of unbranched alkanes of at least 4 members (excludes halogenated alkanes) is 3. The van der Waals surface area contributed by atoms with E-state index >= 15 is 0 Å². The summed E-state index contributed by atoms with van der Waals surface area (Å²) in [5.41, 5.74) is 0. The summed E-state index contributed by atoms with van der Waals surface area (Å²) in [6.45, 7) is 3.79. The van der Waals surface area contributed by atoms with Crippen molar-refractivity contribution in [2.75, 3.05) is 24.7 Å². The van der Waals surface area contributed by atoms with E-state index in [4.69, 9.17) is 20.4 Å². The van der Waals surface area contributed by atoms with E-state index in [2.05, 4.69) is 42.4 Å². The highest BCUT2D eigenvalue weighted by Crippen LogP contribution is 2.07. The van der Waals surface area contributed by atoms with Gasteiger partial charge in [0.05, 0.1) is 24.7 Å². The molecule has 0 radical (unpaired) electrons. The van der Waals surface area contributed by atoms with Gasteiger partial charge in [0.15, 0.2) is 5.34 Å². The van der Waals surface area contributed by atoms with Crippen LogP contribution >= 0.6 is 25.3 Å². The van der Waals surface area contributed by atoms with Gasteiger partial charge in [-0.25, -0.2) is 0 Å². The molecule has 0 saturated carbocycles. The number of hydrogen-bond donors (Lipinski definition) is 6. The fraction of sp³-hybridized carbons (Fsp3) is 0.857. The molecule has 0 aromatic carbocycles. The molecular weight excluding hydrogens is 374 g/mol. The summed E-state index contributed by atoms with van der Waals surface area (Å²) in [6, 6.07) is 0. The maximum Gasteiger partial charge on any atom is 0.313 e. The van der Waals surface area contributed by atoms with Crippen LogP contribution in [0.3, 0.4) is 0 Å². The maximum atomic E-state index is 9.63. The SMILES string of the molecule is CCCCCCC(C)ON=O.O=C(O)CS.O=C(O)CS.OCCO. The molecule has 0 aliphatic rings. The van der Waals surface area contributed by atoms with Crippen molar-refractivity contribution in [2.24, 2.45) is 5.34 Å². The summed E-state index contributed by atoms with van der Waals surface area (Å²) in [5.74, 6) is -1.93. The standard InChI is InChI=1S/C8H17NO2.2C2H4O2S.C2H6O2/c1-3-4-5-6-7-8(2)11-9-10;2*3-2(4)1-5;3-1-2-4/h8H,3-7H2,1-2H3;2*5H,1H2,(H,3,4);3-4H,1-2H2. The molecule has 0 aliphatic heterocycles. The third-order valence-corrected chi connectivity index (χ3v) is 2.60. The molecule has 11 heteroatoms. The molecule has 25 heavy (non-hydrogen) atoms. The highest BCUT2D eigenvalue weighted by molar-refractivity contribution is 7.81. The first kappa shape index (κ1) is 31.7. The van der Waals surface area contributed by atoms with Crippen molar-refractivity contribution in [3.8, 4) is 0 Å². The Hall–Kier alpha value is -1.04. The summed E-state index contributed by atoms with van der Waals surface area (Å²) in [7, 11) is 0. The van der Waals surface area contributed by atoms with Gasteiger partial charge in [-0.05, 0) is 19.8 Å². The monoisotopic (exact) mass is 405 g/mol. The molecule has 0 aromatic rings. The predicted molar refractivity (Wildman–Crippen MR) is 102 cm³/mol. The van der Waals surface area contributed by atoms with Gasteiger partial charge in [0.1, 0.15) is 6.10 Å². The Kier molecular flexibility index (Phi) is 39.1.